The number of thioether (sulfide) groups is 1. The van der Waals surface area contributed by atoms with Crippen molar-refractivity contribution in [2.24, 2.45) is 0 Å². The van der Waals surface area contributed by atoms with Crippen molar-refractivity contribution in [2.75, 3.05) is 12.8 Å². The Hall–Kier alpha value is -2.28. The van der Waals surface area contributed by atoms with Gasteiger partial charge in [-0.1, -0.05) is 30.0 Å². The Morgan fingerprint density at radius 1 is 1.30 bits per heavy atom. The molecule has 0 saturated heterocycles. The third-order valence-electron chi connectivity index (χ3n) is 3.25. The van der Waals surface area contributed by atoms with E-state index in [0.717, 1.165) is 5.69 Å². The zero-order valence-corrected chi connectivity index (χ0v) is 14.2. The minimum absolute atomic E-state index is 0.211. The SMILES string of the molecule is CCNC(=O)[C@@H](C)NC(=O)c1cnc(SC)n1-c1ccccc1. The number of rotatable bonds is 6. The molecule has 0 radical (unpaired) electrons. The van der Waals surface area contributed by atoms with Crippen molar-refractivity contribution in [1.29, 1.82) is 0 Å². The third-order valence-corrected chi connectivity index (χ3v) is 3.90. The van der Waals surface area contributed by atoms with Gasteiger partial charge in [-0.15, -0.1) is 0 Å². The summed E-state index contributed by atoms with van der Waals surface area (Å²) in [6.45, 7) is 4.01. The maximum atomic E-state index is 12.5. The van der Waals surface area contributed by atoms with Gasteiger partial charge in [-0.2, -0.15) is 0 Å². The number of carbonyl (C=O) groups excluding carboxylic acids is 2. The molecule has 2 N–H and O–H groups in total. The molecule has 23 heavy (non-hydrogen) atoms. The van der Waals surface area contributed by atoms with Gasteiger partial charge in [0.15, 0.2) is 5.16 Å². The molecule has 1 heterocycles. The van der Waals surface area contributed by atoms with Gasteiger partial charge in [0.25, 0.3) is 5.91 Å². The molecule has 0 aliphatic heterocycles. The van der Waals surface area contributed by atoms with E-state index >= 15 is 0 Å². The summed E-state index contributed by atoms with van der Waals surface area (Å²) < 4.78 is 1.78. The highest BCUT2D eigenvalue weighted by Gasteiger charge is 2.21. The Labute approximate surface area is 139 Å². The number of carbonyl (C=O) groups is 2. The predicted octanol–water partition coefficient (Wildman–Crippen LogP) is 1.85. The molecular weight excluding hydrogens is 312 g/mol. The molecule has 6 nitrogen and oxygen atoms in total. The summed E-state index contributed by atoms with van der Waals surface area (Å²) in [6, 6.07) is 8.92. The van der Waals surface area contributed by atoms with Crippen LogP contribution in [0, 0.1) is 0 Å². The van der Waals surface area contributed by atoms with Crippen LogP contribution in [-0.2, 0) is 4.79 Å². The number of hydrogen-bond acceptors (Lipinski definition) is 4. The Morgan fingerprint density at radius 2 is 2.00 bits per heavy atom. The average molecular weight is 332 g/mol. The van der Waals surface area contributed by atoms with Crippen molar-refractivity contribution < 1.29 is 9.59 Å². The van der Waals surface area contributed by atoms with E-state index in [1.165, 1.54) is 18.0 Å². The molecule has 0 saturated carbocycles. The number of amides is 2. The molecule has 2 amide bonds. The molecular formula is C16H20N4O2S. The molecule has 1 atom stereocenters. The quantitative estimate of drug-likeness (QED) is 0.792. The van der Waals surface area contributed by atoms with E-state index in [1.807, 2.05) is 43.5 Å². The summed E-state index contributed by atoms with van der Waals surface area (Å²) >= 11 is 1.45. The lowest BCUT2D eigenvalue weighted by molar-refractivity contribution is -0.122. The van der Waals surface area contributed by atoms with E-state index in [4.69, 9.17) is 0 Å². The molecule has 2 rings (SSSR count). The third kappa shape index (κ3) is 3.92. The van der Waals surface area contributed by atoms with Gasteiger partial charge >= 0.3 is 0 Å². The number of para-hydroxylation sites is 1. The normalized spacial score (nSPS) is 11.8. The number of hydrogen-bond donors (Lipinski definition) is 2. The lowest BCUT2D eigenvalue weighted by Crippen LogP contribution is -2.45. The van der Waals surface area contributed by atoms with E-state index in [9.17, 15) is 9.59 Å². The van der Waals surface area contributed by atoms with Gasteiger partial charge in [0, 0.05) is 12.2 Å². The Bertz CT molecular complexity index is 685. The van der Waals surface area contributed by atoms with Crippen molar-refractivity contribution in [2.45, 2.75) is 25.0 Å². The molecule has 0 aliphatic rings. The fourth-order valence-corrected chi connectivity index (χ4v) is 2.67. The standard InChI is InChI=1S/C16H20N4O2S/c1-4-17-14(21)11(2)19-15(22)13-10-18-16(23-3)20(13)12-8-6-5-7-9-12/h5-11H,4H2,1-3H3,(H,17,21)(H,19,22)/t11-/m1/s1. The van der Waals surface area contributed by atoms with Crippen LogP contribution in [0.4, 0.5) is 0 Å². The second-order valence-electron chi connectivity index (χ2n) is 4.89. The van der Waals surface area contributed by atoms with E-state index in [0.29, 0.717) is 17.4 Å². The van der Waals surface area contributed by atoms with Crippen molar-refractivity contribution in [3.63, 3.8) is 0 Å². The number of likely N-dealkylation sites (N-methyl/N-ethyl adjacent to an activating group) is 1. The lowest BCUT2D eigenvalue weighted by atomic mass is 10.2. The number of aromatic nitrogens is 2. The first-order valence-electron chi connectivity index (χ1n) is 7.34. The highest BCUT2D eigenvalue weighted by molar-refractivity contribution is 7.98. The first kappa shape index (κ1) is 17.1. The minimum Gasteiger partial charge on any atom is -0.355 e. The number of nitrogens with one attached hydrogen (secondary N) is 2. The predicted molar refractivity (Wildman–Crippen MR) is 91.0 cm³/mol. The Kier molecular flexibility index (Phi) is 5.81. The van der Waals surface area contributed by atoms with Gasteiger partial charge < -0.3 is 10.6 Å². The highest BCUT2D eigenvalue weighted by Crippen LogP contribution is 2.21. The molecule has 0 bridgehead atoms. The lowest BCUT2D eigenvalue weighted by Gasteiger charge is -2.15. The molecule has 2 aromatic rings. The zero-order chi connectivity index (χ0) is 16.8. The summed E-state index contributed by atoms with van der Waals surface area (Å²) in [5.41, 5.74) is 1.25. The van der Waals surface area contributed by atoms with E-state index in [1.54, 1.807) is 11.5 Å². The van der Waals surface area contributed by atoms with E-state index < -0.39 is 6.04 Å². The summed E-state index contributed by atoms with van der Waals surface area (Å²) in [4.78, 5) is 28.6. The van der Waals surface area contributed by atoms with Crippen LogP contribution in [0.2, 0.25) is 0 Å². The maximum Gasteiger partial charge on any atom is 0.270 e. The molecule has 122 valence electrons. The van der Waals surface area contributed by atoms with Crippen LogP contribution in [0.15, 0.2) is 41.7 Å². The van der Waals surface area contributed by atoms with Crippen LogP contribution in [0.5, 0.6) is 0 Å². The largest absolute Gasteiger partial charge is 0.355 e. The topological polar surface area (TPSA) is 76.0 Å². The van der Waals surface area contributed by atoms with Gasteiger partial charge in [-0.05, 0) is 32.2 Å². The smallest absolute Gasteiger partial charge is 0.270 e. The Balaban J connectivity index is 2.28. The van der Waals surface area contributed by atoms with Crippen molar-refractivity contribution in [3.8, 4) is 5.69 Å². The number of nitrogens with zero attached hydrogens (tertiary/aromatic N) is 2. The molecule has 0 aliphatic carbocycles. The van der Waals surface area contributed by atoms with Gasteiger partial charge in [0.1, 0.15) is 11.7 Å². The van der Waals surface area contributed by atoms with Crippen LogP contribution >= 0.6 is 11.8 Å². The molecule has 1 aromatic heterocycles. The zero-order valence-electron chi connectivity index (χ0n) is 13.4. The monoisotopic (exact) mass is 332 g/mol. The number of benzene rings is 1. The van der Waals surface area contributed by atoms with Gasteiger partial charge in [0.2, 0.25) is 5.91 Å². The molecule has 0 fully saturated rings. The van der Waals surface area contributed by atoms with Crippen LogP contribution in [0.25, 0.3) is 5.69 Å². The summed E-state index contributed by atoms with van der Waals surface area (Å²) in [6.07, 6.45) is 3.43. The summed E-state index contributed by atoms with van der Waals surface area (Å²) in [7, 11) is 0. The van der Waals surface area contributed by atoms with Crippen LogP contribution in [0.1, 0.15) is 24.3 Å². The van der Waals surface area contributed by atoms with Gasteiger partial charge in [-0.25, -0.2) is 4.98 Å². The molecule has 7 heteroatoms. The second-order valence-corrected chi connectivity index (χ2v) is 5.66. The van der Waals surface area contributed by atoms with Gasteiger partial charge in [-0.3, -0.25) is 14.2 Å². The molecule has 0 spiro atoms. The van der Waals surface area contributed by atoms with E-state index in [2.05, 4.69) is 15.6 Å². The second kappa shape index (κ2) is 7.82. The number of imidazole rings is 1. The maximum absolute atomic E-state index is 12.5. The van der Waals surface area contributed by atoms with Crippen molar-refractivity contribution >= 4 is 23.6 Å². The van der Waals surface area contributed by atoms with Crippen LogP contribution in [-0.4, -0.2) is 40.2 Å². The summed E-state index contributed by atoms with van der Waals surface area (Å²) in [5, 5.41) is 6.11. The van der Waals surface area contributed by atoms with Gasteiger partial charge in [0.05, 0.1) is 6.20 Å². The minimum atomic E-state index is -0.612. The summed E-state index contributed by atoms with van der Waals surface area (Å²) in [5.74, 6) is -0.544. The molecule has 0 unspecified atom stereocenters. The van der Waals surface area contributed by atoms with Crippen molar-refractivity contribution in [3.05, 3.63) is 42.2 Å². The first-order valence-corrected chi connectivity index (χ1v) is 8.56. The first-order chi connectivity index (χ1) is 11.1. The Morgan fingerprint density at radius 3 is 2.61 bits per heavy atom. The van der Waals surface area contributed by atoms with Crippen LogP contribution in [0.3, 0.4) is 0 Å². The average Bonchev–Trinajstić information content (AvgIpc) is 2.99. The highest BCUT2D eigenvalue weighted by atomic mass is 32.2. The fourth-order valence-electron chi connectivity index (χ4n) is 2.13. The molecule has 1 aromatic carbocycles. The van der Waals surface area contributed by atoms with Crippen molar-refractivity contribution in [1.82, 2.24) is 20.2 Å². The fraction of sp³-hybridized carbons (Fsp3) is 0.312. The van der Waals surface area contributed by atoms with Crippen LogP contribution < -0.4 is 10.6 Å². The van der Waals surface area contributed by atoms with E-state index in [-0.39, 0.29) is 11.8 Å².